The average Bonchev–Trinajstić information content (AvgIpc) is 2.34. The van der Waals surface area contributed by atoms with Crippen LogP contribution >= 0.6 is 0 Å². The Morgan fingerprint density at radius 1 is 1.50 bits per heavy atom. The number of hydrogen-bond donors (Lipinski definition) is 1. The number of quaternary nitrogens is 1. The Hall–Kier alpha value is -0.360. The first-order valence-electron chi connectivity index (χ1n) is 7.96. The molecule has 0 saturated carbocycles. The number of likely N-dealkylation sites (N-methyl/N-ethyl adjacent to an activating group) is 1. The minimum Gasteiger partial charge on any atom is -1.00 e. The Balaban J connectivity index is 0.00000441. The lowest BCUT2D eigenvalue weighted by atomic mass is 9.68. The monoisotopic (exact) mass is 421 g/mol. The zero-order chi connectivity index (χ0) is 16.3. The van der Waals surface area contributed by atoms with Crippen LogP contribution < -0.4 is 24.0 Å². The van der Waals surface area contributed by atoms with E-state index in [2.05, 4.69) is 60.0 Å². The molecule has 2 unspecified atom stereocenters. The van der Waals surface area contributed by atoms with Crippen LogP contribution in [-0.2, 0) is 4.79 Å². The predicted molar refractivity (Wildman–Crippen MR) is 88.1 cm³/mol. The molecule has 1 aliphatic carbocycles. The summed E-state index contributed by atoms with van der Waals surface area (Å²) in [7, 11) is 4.21. The number of halogens is 1. The number of allylic oxidation sites excluding steroid dienone is 3. The van der Waals surface area contributed by atoms with Gasteiger partial charge in [-0.1, -0.05) is 31.6 Å². The highest BCUT2D eigenvalue weighted by Gasteiger charge is 2.31. The van der Waals surface area contributed by atoms with Crippen LogP contribution in [0, 0.1) is 11.3 Å². The van der Waals surface area contributed by atoms with E-state index in [1.54, 1.807) is 0 Å². The second-order valence-corrected chi connectivity index (χ2v) is 7.72. The summed E-state index contributed by atoms with van der Waals surface area (Å²) in [6, 6.07) is 0.315. The fourth-order valence-corrected chi connectivity index (χ4v) is 3.08. The standard InChI is InChI=1S/C18H31NO2.HI/c1-14-8-7-12-18(3,4)16(14)10-9-15(2)19(5,6)13-11-17(20)21;/h8-10,15-16H,7,11-13H2,1-6H3;1H/b10-9+;. The number of aliphatic carboxylic acids is 1. The Morgan fingerprint density at radius 3 is 2.59 bits per heavy atom. The van der Waals surface area contributed by atoms with Crippen molar-refractivity contribution in [3.8, 4) is 0 Å². The first-order chi connectivity index (χ1) is 9.56. The van der Waals surface area contributed by atoms with Crippen molar-refractivity contribution in [2.45, 2.75) is 53.0 Å². The summed E-state index contributed by atoms with van der Waals surface area (Å²) in [5.41, 5.74) is 1.78. The van der Waals surface area contributed by atoms with Crippen LogP contribution in [0.25, 0.3) is 0 Å². The van der Waals surface area contributed by atoms with Gasteiger partial charge >= 0.3 is 5.97 Å². The molecule has 1 N–H and O–H groups in total. The van der Waals surface area contributed by atoms with Gasteiger partial charge in [0.15, 0.2) is 0 Å². The molecule has 0 spiro atoms. The summed E-state index contributed by atoms with van der Waals surface area (Å²) in [5.74, 6) is -0.224. The van der Waals surface area contributed by atoms with Gasteiger partial charge in [-0.15, -0.1) is 0 Å². The van der Waals surface area contributed by atoms with Gasteiger partial charge in [-0.2, -0.15) is 0 Å². The fraction of sp³-hybridized carbons (Fsp3) is 0.722. The molecular formula is C18H32INO2. The number of hydrogen-bond acceptors (Lipinski definition) is 1. The van der Waals surface area contributed by atoms with E-state index in [9.17, 15) is 4.79 Å². The van der Waals surface area contributed by atoms with Crippen molar-refractivity contribution in [2.24, 2.45) is 11.3 Å². The molecule has 0 radical (unpaired) electrons. The van der Waals surface area contributed by atoms with Crippen LogP contribution in [0.3, 0.4) is 0 Å². The second-order valence-electron chi connectivity index (χ2n) is 7.72. The van der Waals surface area contributed by atoms with Crippen LogP contribution in [0.4, 0.5) is 0 Å². The van der Waals surface area contributed by atoms with E-state index in [1.165, 1.54) is 18.4 Å². The van der Waals surface area contributed by atoms with Crippen molar-refractivity contribution in [2.75, 3.05) is 20.6 Å². The summed E-state index contributed by atoms with van der Waals surface area (Å²) < 4.78 is 0.707. The Labute approximate surface area is 153 Å². The van der Waals surface area contributed by atoms with Crippen molar-refractivity contribution in [1.82, 2.24) is 0 Å². The second kappa shape index (κ2) is 8.48. The molecule has 1 aliphatic rings. The molecular weight excluding hydrogens is 389 g/mol. The minimum absolute atomic E-state index is 0. The van der Waals surface area contributed by atoms with Gasteiger partial charge in [0, 0.05) is 5.92 Å². The van der Waals surface area contributed by atoms with Crippen LogP contribution in [0.2, 0.25) is 0 Å². The summed E-state index contributed by atoms with van der Waals surface area (Å²) in [6.45, 7) is 9.74. The number of carbonyl (C=O) groups is 1. The molecule has 0 amide bonds. The largest absolute Gasteiger partial charge is 1.00 e. The van der Waals surface area contributed by atoms with Crippen LogP contribution in [0.1, 0.15) is 47.0 Å². The molecule has 0 heterocycles. The third-order valence-electron chi connectivity index (χ3n) is 5.17. The zero-order valence-electron chi connectivity index (χ0n) is 14.9. The quantitative estimate of drug-likeness (QED) is 0.393. The molecule has 0 aromatic carbocycles. The van der Waals surface area contributed by atoms with Gasteiger partial charge in [0.2, 0.25) is 0 Å². The molecule has 0 saturated heterocycles. The SMILES string of the molecule is CC1=CCCC(C)(C)C1/C=C/C(C)[N+](C)(C)CCC(=O)O.[I-]. The van der Waals surface area contributed by atoms with Gasteiger partial charge in [0.25, 0.3) is 0 Å². The highest BCUT2D eigenvalue weighted by molar-refractivity contribution is 5.66. The smallest absolute Gasteiger partial charge is 0.309 e. The first-order valence-corrected chi connectivity index (χ1v) is 7.96. The molecule has 128 valence electrons. The minimum atomic E-state index is -0.718. The molecule has 0 aromatic heterocycles. The number of carboxylic acids is 1. The molecule has 0 aromatic rings. The Morgan fingerprint density at radius 2 is 2.09 bits per heavy atom. The normalized spacial score (nSPS) is 22.8. The molecule has 1 rings (SSSR count). The van der Waals surface area contributed by atoms with Gasteiger partial charge in [-0.3, -0.25) is 4.79 Å². The molecule has 3 nitrogen and oxygen atoms in total. The van der Waals surface area contributed by atoms with Crippen molar-refractivity contribution in [3.63, 3.8) is 0 Å². The van der Waals surface area contributed by atoms with E-state index >= 15 is 0 Å². The summed E-state index contributed by atoms with van der Waals surface area (Å²) in [4.78, 5) is 10.8. The third-order valence-corrected chi connectivity index (χ3v) is 5.17. The maximum Gasteiger partial charge on any atom is 0.309 e. The molecule has 4 heteroatoms. The van der Waals surface area contributed by atoms with E-state index in [1.807, 2.05) is 0 Å². The fourth-order valence-electron chi connectivity index (χ4n) is 3.08. The topological polar surface area (TPSA) is 37.3 Å². The highest BCUT2D eigenvalue weighted by atomic mass is 127. The van der Waals surface area contributed by atoms with E-state index in [0.717, 1.165) is 0 Å². The van der Waals surface area contributed by atoms with Crippen molar-refractivity contribution >= 4 is 5.97 Å². The first kappa shape index (κ1) is 21.6. The van der Waals surface area contributed by atoms with E-state index in [-0.39, 0.29) is 30.4 Å². The lowest BCUT2D eigenvalue weighted by Gasteiger charge is -2.38. The third kappa shape index (κ3) is 6.03. The molecule has 0 bridgehead atoms. The molecule has 0 aliphatic heterocycles. The van der Waals surface area contributed by atoms with E-state index in [4.69, 9.17) is 5.11 Å². The zero-order valence-corrected chi connectivity index (χ0v) is 17.1. The Kier molecular flexibility index (Phi) is 8.34. The number of carboxylic acid groups (broad SMARTS) is 1. The van der Waals surface area contributed by atoms with Gasteiger partial charge < -0.3 is 33.6 Å². The van der Waals surface area contributed by atoms with E-state index < -0.39 is 5.97 Å². The lowest BCUT2D eigenvalue weighted by Crippen LogP contribution is -3.00. The van der Waals surface area contributed by atoms with Crippen LogP contribution in [0.5, 0.6) is 0 Å². The Bertz CT molecular complexity index is 438. The van der Waals surface area contributed by atoms with Gasteiger partial charge in [-0.25, -0.2) is 0 Å². The summed E-state index contributed by atoms with van der Waals surface area (Å²) in [6.07, 6.45) is 9.60. The van der Waals surface area contributed by atoms with Crippen molar-refractivity contribution in [1.29, 1.82) is 0 Å². The lowest BCUT2D eigenvalue weighted by molar-refractivity contribution is -0.906. The highest BCUT2D eigenvalue weighted by Crippen LogP contribution is 2.41. The maximum atomic E-state index is 10.8. The van der Waals surface area contributed by atoms with Gasteiger partial charge in [0.05, 0.1) is 27.1 Å². The van der Waals surface area contributed by atoms with Crippen molar-refractivity contribution in [3.05, 3.63) is 23.8 Å². The number of nitrogens with zero attached hydrogens (tertiary/aromatic N) is 1. The van der Waals surface area contributed by atoms with Crippen LogP contribution in [-0.4, -0.2) is 42.2 Å². The summed E-state index contributed by atoms with van der Waals surface area (Å²) in [5, 5.41) is 8.86. The van der Waals surface area contributed by atoms with Crippen molar-refractivity contribution < 1.29 is 38.4 Å². The predicted octanol–water partition coefficient (Wildman–Crippen LogP) is 0.869. The van der Waals surface area contributed by atoms with Gasteiger partial charge in [0.1, 0.15) is 6.04 Å². The van der Waals surface area contributed by atoms with Crippen LogP contribution in [0.15, 0.2) is 23.8 Å². The molecule has 2 atom stereocenters. The summed E-state index contributed by atoms with van der Waals surface area (Å²) >= 11 is 0. The van der Waals surface area contributed by atoms with Gasteiger partial charge in [-0.05, 0) is 38.2 Å². The molecule has 0 fully saturated rings. The van der Waals surface area contributed by atoms with E-state index in [0.29, 0.717) is 28.4 Å². The maximum absolute atomic E-state index is 10.8. The average molecular weight is 421 g/mol. The number of rotatable bonds is 6. The molecule has 22 heavy (non-hydrogen) atoms.